The first-order valence-corrected chi connectivity index (χ1v) is 4.82. The van der Waals surface area contributed by atoms with Gasteiger partial charge in [-0.2, -0.15) is 5.26 Å². The van der Waals surface area contributed by atoms with Gasteiger partial charge in [-0.3, -0.25) is 9.78 Å². The number of aryl methyl sites for hydroxylation is 1. The summed E-state index contributed by atoms with van der Waals surface area (Å²) in [7, 11) is 0. The molecular formula is C11H11N3O. The lowest BCUT2D eigenvalue weighted by Gasteiger charge is -2.15. The van der Waals surface area contributed by atoms with Gasteiger partial charge in [-0.15, -0.1) is 0 Å². The van der Waals surface area contributed by atoms with E-state index in [9.17, 15) is 4.79 Å². The molecule has 0 bridgehead atoms. The van der Waals surface area contributed by atoms with Crippen molar-refractivity contribution < 1.29 is 4.79 Å². The molecule has 76 valence electrons. The number of hydrogen-bond acceptors (Lipinski definition) is 3. The summed E-state index contributed by atoms with van der Waals surface area (Å²) in [6, 6.07) is 4.03. The summed E-state index contributed by atoms with van der Waals surface area (Å²) in [6.07, 6.45) is 3.72. The second-order valence-electron chi connectivity index (χ2n) is 3.75. The van der Waals surface area contributed by atoms with Gasteiger partial charge in [0.2, 0.25) is 5.91 Å². The van der Waals surface area contributed by atoms with E-state index in [0.717, 1.165) is 11.3 Å². The predicted molar refractivity (Wildman–Crippen MR) is 55.0 cm³/mol. The van der Waals surface area contributed by atoms with Crippen LogP contribution in [-0.4, -0.2) is 17.4 Å². The molecule has 2 rings (SSSR count). The summed E-state index contributed by atoms with van der Waals surface area (Å²) in [5.41, 5.74) is 1.80. The Morgan fingerprint density at radius 3 is 3.00 bits per heavy atom. The third-order valence-corrected chi connectivity index (χ3v) is 2.48. The molecule has 4 heteroatoms. The Balaban J connectivity index is 2.26. The van der Waals surface area contributed by atoms with Crippen LogP contribution in [0.25, 0.3) is 0 Å². The van der Waals surface area contributed by atoms with Gasteiger partial charge in [-0.05, 0) is 18.6 Å². The second-order valence-corrected chi connectivity index (χ2v) is 3.75. The molecule has 1 saturated heterocycles. The van der Waals surface area contributed by atoms with E-state index in [-0.39, 0.29) is 11.8 Å². The molecule has 2 heterocycles. The topological polar surface area (TPSA) is 57.0 Å². The standard InChI is InChI=1S/C11H11N3O/c1-8-2-10(6-13-5-8)14-7-9(4-12)3-11(14)15/h2,5-6,9H,3,7H2,1H3. The first-order valence-electron chi connectivity index (χ1n) is 4.82. The van der Waals surface area contributed by atoms with Crippen LogP contribution in [0.2, 0.25) is 0 Å². The van der Waals surface area contributed by atoms with Crippen LogP contribution in [0, 0.1) is 24.2 Å². The highest BCUT2D eigenvalue weighted by Crippen LogP contribution is 2.24. The average Bonchev–Trinajstić information content (AvgIpc) is 2.60. The van der Waals surface area contributed by atoms with Crippen molar-refractivity contribution in [1.82, 2.24) is 4.98 Å². The van der Waals surface area contributed by atoms with Crippen molar-refractivity contribution in [2.45, 2.75) is 13.3 Å². The molecule has 1 aromatic heterocycles. The van der Waals surface area contributed by atoms with Gasteiger partial charge in [0, 0.05) is 19.2 Å². The summed E-state index contributed by atoms with van der Waals surface area (Å²) < 4.78 is 0. The molecule has 1 aliphatic rings. The van der Waals surface area contributed by atoms with Crippen LogP contribution in [0.5, 0.6) is 0 Å². The number of hydrogen-bond donors (Lipinski definition) is 0. The summed E-state index contributed by atoms with van der Waals surface area (Å²) in [5.74, 6) is -0.174. The van der Waals surface area contributed by atoms with Gasteiger partial charge in [-0.25, -0.2) is 0 Å². The highest BCUT2D eigenvalue weighted by Gasteiger charge is 2.30. The van der Waals surface area contributed by atoms with Crippen molar-refractivity contribution in [2.24, 2.45) is 5.92 Å². The first kappa shape index (κ1) is 9.66. The van der Waals surface area contributed by atoms with E-state index in [1.54, 1.807) is 17.3 Å². The number of pyridine rings is 1. The second kappa shape index (κ2) is 3.70. The molecule has 0 aromatic carbocycles. The smallest absolute Gasteiger partial charge is 0.228 e. The zero-order chi connectivity index (χ0) is 10.8. The number of rotatable bonds is 1. The number of amides is 1. The molecule has 15 heavy (non-hydrogen) atoms. The van der Waals surface area contributed by atoms with Crippen molar-refractivity contribution in [2.75, 3.05) is 11.4 Å². The molecular weight excluding hydrogens is 190 g/mol. The lowest BCUT2D eigenvalue weighted by Crippen LogP contribution is -2.24. The normalized spacial score (nSPS) is 20.4. The van der Waals surface area contributed by atoms with Crippen molar-refractivity contribution in [1.29, 1.82) is 5.26 Å². The Bertz CT molecular complexity index is 436. The SMILES string of the molecule is Cc1cncc(N2CC(C#N)CC2=O)c1. The van der Waals surface area contributed by atoms with E-state index in [2.05, 4.69) is 11.1 Å². The summed E-state index contributed by atoms with van der Waals surface area (Å²) in [6.45, 7) is 2.42. The third kappa shape index (κ3) is 1.82. The van der Waals surface area contributed by atoms with Gasteiger partial charge in [0.15, 0.2) is 0 Å². The maximum Gasteiger partial charge on any atom is 0.228 e. The summed E-state index contributed by atoms with van der Waals surface area (Å²) in [5, 5.41) is 8.76. The van der Waals surface area contributed by atoms with Crippen LogP contribution < -0.4 is 4.90 Å². The monoisotopic (exact) mass is 201 g/mol. The van der Waals surface area contributed by atoms with Crippen LogP contribution in [-0.2, 0) is 4.79 Å². The third-order valence-electron chi connectivity index (χ3n) is 2.48. The Morgan fingerprint density at radius 2 is 2.40 bits per heavy atom. The number of aromatic nitrogens is 1. The molecule has 0 spiro atoms. The van der Waals surface area contributed by atoms with Crippen molar-refractivity contribution in [3.63, 3.8) is 0 Å². The zero-order valence-electron chi connectivity index (χ0n) is 8.47. The van der Waals surface area contributed by atoms with Crippen molar-refractivity contribution in [3.8, 4) is 6.07 Å². The molecule has 1 unspecified atom stereocenters. The van der Waals surface area contributed by atoms with Gasteiger partial charge in [0.1, 0.15) is 0 Å². The molecule has 0 radical (unpaired) electrons. The average molecular weight is 201 g/mol. The summed E-state index contributed by atoms with van der Waals surface area (Å²) in [4.78, 5) is 17.3. The molecule has 0 N–H and O–H groups in total. The molecule has 0 aliphatic carbocycles. The van der Waals surface area contributed by atoms with Gasteiger partial charge in [-0.1, -0.05) is 0 Å². The molecule has 1 atom stereocenters. The van der Waals surface area contributed by atoms with E-state index >= 15 is 0 Å². The van der Waals surface area contributed by atoms with Crippen molar-refractivity contribution in [3.05, 3.63) is 24.0 Å². The Hall–Kier alpha value is -1.89. The quantitative estimate of drug-likeness (QED) is 0.687. The van der Waals surface area contributed by atoms with Crippen LogP contribution in [0.4, 0.5) is 5.69 Å². The van der Waals surface area contributed by atoms with E-state index < -0.39 is 0 Å². The minimum atomic E-state index is -0.182. The van der Waals surface area contributed by atoms with Gasteiger partial charge in [0.05, 0.1) is 23.9 Å². The highest BCUT2D eigenvalue weighted by atomic mass is 16.2. The van der Waals surface area contributed by atoms with Crippen LogP contribution in [0.1, 0.15) is 12.0 Å². The molecule has 1 aromatic rings. The van der Waals surface area contributed by atoms with Gasteiger partial charge in [0.25, 0.3) is 0 Å². The van der Waals surface area contributed by atoms with Crippen LogP contribution in [0.15, 0.2) is 18.5 Å². The largest absolute Gasteiger partial charge is 0.310 e. The fourth-order valence-electron chi connectivity index (χ4n) is 1.73. The Morgan fingerprint density at radius 1 is 1.60 bits per heavy atom. The Labute approximate surface area is 88.1 Å². The predicted octanol–water partition coefficient (Wildman–Crippen LogP) is 1.27. The number of anilines is 1. The Kier molecular flexibility index (Phi) is 2.38. The molecule has 1 amide bonds. The summed E-state index contributed by atoms with van der Waals surface area (Å²) >= 11 is 0. The lowest BCUT2D eigenvalue weighted by atomic mass is 10.1. The molecule has 1 fully saturated rings. The van der Waals surface area contributed by atoms with Gasteiger partial charge >= 0.3 is 0 Å². The fraction of sp³-hybridized carbons (Fsp3) is 0.364. The molecule has 4 nitrogen and oxygen atoms in total. The number of nitriles is 1. The minimum absolute atomic E-state index is 0.00829. The van der Waals surface area contributed by atoms with Crippen molar-refractivity contribution >= 4 is 11.6 Å². The first-order chi connectivity index (χ1) is 7.20. The molecule has 1 aliphatic heterocycles. The highest BCUT2D eigenvalue weighted by molar-refractivity contribution is 5.95. The zero-order valence-corrected chi connectivity index (χ0v) is 8.47. The number of nitrogens with zero attached hydrogens (tertiary/aromatic N) is 3. The van der Waals surface area contributed by atoms with E-state index in [1.165, 1.54) is 0 Å². The van der Waals surface area contributed by atoms with Crippen LogP contribution in [0.3, 0.4) is 0 Å². The maximum absolute atomic E-state index is 11.6. The lowest BCUT2D eigenvalue weighted by molar-refractivity contribution is -0.117. The van der Waals surface area contributed by atoms with E-state index in [0.29, 0.717) is 13.0 Å². The minimum Gasteiger partial charge on any atom is -0.310 e. The number of carbonyl (C=O) groups excluding carboxylic acids is 1. The van der Waals surface area contributed by atoms with Gasteiger partial charge < -0.3 is 4.90 Å². The molecule has 0 saturated carbocycles. The maximum atomic E-state index is 11.6. The fourth-order valence-corrected chi connectivity index (χ4v) is 1.73. The van der Waals surface area contributed by atoms with E-state index in [4.69, 9.17) is 5.26 Å². The van der Waals surface area contributed by atoms with Crippen LogP contribution >= 0.6 is 0 Å². The van der Waals surface area contributed by atoms with E-state index in [1.807, 2.05) is 13.0 Å². The number of carbonyl (C=O) groups is 1.